The summed E-state index contributed by atoms with van der Waals surface area (Å²) in [6.45, 7) is 0.578. The zero-order valence-corrected chi connectivity index (χ0v) is 13.6. The van der Waals surface area contributed by atoms with E-state index in [0.717, 1.165) is 32.2 Å². The Balaban J connectivity index is 1.99. The molecule has 1 heterocycles. The Morgan fingerprint density at radius 1 is 1.26 bits per heavy atom. The van der Waals surface area contributed by atoms with Crippen LogP contribution in [-0.2, 0) is 20.1 Å². The molecule has 0 aliphatic carbocycles. The van der Waals surface area contributed by atoms with Gasteiger partial charge in [0.25, 0.3) is 0 Å². The molecule has 19 heavy (non-hydrogen) atoms. The molecule has 0 unspecified atom stereocenters. The largest absolute Gasteiger partial charge is 0.491 e. The number of hydrogen-bond donors (Lipinski definition) is 1. The maximum Gasteiger partial charge on any atom is 0.147 e. The summed E-state index contributed by atoms with van der Waals surface area (Å²) in [5.74, 6) is 0.751. The minimum absolute atomic E-state index is 0.00711. The monoisotopic (exact) mass is 388 g/mol. The second-order valence-corrected chi connectivity index (χ2v) is 5.88. The minimum atomic E-state index is 0.00711. The normalized spacial score (nSPS) is 10.7. The third-order valence-corrected chi connectivity index (χ3v) is 3.81. The fraction of sp³-hybridized carbons (Fsp3) is 0.308. The lowest BCUT2D eigenvalue weighted by Gasteiger charge is -2.11. The van der Waals surface area contributed by atoms with Gasteiger partial charge in [-0.2, -0.15) is 5.10 Å². The maximum absolute atomic E-state index is 9.11. The van der Waals surface area contributed by atoms with Crippen LogP contribution >= 0.6 is 31.9 Å². The summed E-state index contributed by atoms with van der Waals surface area (Å²) in [6.07, 6.45) is 4.61. The number of rotatable bonds is 5. The average Bonchev–Trinajstić information content (AvgIpc) is 2.78. The van der Waals surface area contributed by atoms with Crippen molar-refractivity contribution in [2.24, 2.45) is 7.05 Å². The number of benzene rings is 1. The van der Waals surface area contributed by atoms with Gasteiger partial charge in [-0.15, -0.1) is 0 Å². The molecular weight excluding hydrogens is 376 g/mol. The van der Waals surface area contributed by atoms with Crippen LogP contribution < -0.4 is 4.74 Å². The van der Waals surface area contributed by atoms with Crippen molar-refractivity contribution in [3.05, 3.63) is 44.6 Å². The molecule has 0 aliphatic heterocycles. The Bertz CT molecular complexity index is 547. The molecule has 4 nitrogen and oxygen atoms in total. The third-order valence-electron chi connectivity index (χ3n) is 2.64. The van der Waals surface area contributed by atoms with Crippen LogP contribution in [0.25, 0.3) is 0 Å². The van der Waals surface area contributed by atoms with Crippen LogP contribution in [0.4, 0.5) is 0 Å². The van der Waals surface area contributed by atoms with Gasteiger partial charge in [-0.25, -0.2) is 0 Å². The van der Waals surface area contributed by atoms with E-state index in [-0.39, 0.29) is 6.61 Å². The van der Waals surface area contributed by atoms with Crippen molar-refractivity contribution in [1.82, 2.24) is 9.78 Å². The van der Waals surface area contributed by atoms with Crippen LogP contribution in [-0.4, -0.2) is 21.5 Å². The van der Waals surface area contributed by atoms with Gasteiger partial charge in [0.2, 0.25) is 0 Å². The van der Waals surface area contributed by atoms with Gasteiger partial charge >= 0.3 is 0 Å². The van der Waals surface area contributed by atoms with E-state index >= 15 is 0 Å². The molecule has 0 fully saturated rings. The molecule has 1 aromatic heterocycles. The molecule has 2 rings (SSSR count). The van der Waals surface area contributed by atoms with Crippen molar-refractivity contribution < 1.29 is 9.84 Å². The summed E-state index contributed by atoms with van der Waals surface area (Å²) in [5.41, 5.74) is 1.97. The summed E-state index contributed by atoms with van der Waals surface area (Å²) >= 11 is 6.89. The highest BCUT2D eigenvalue weighted by Crippen LogP contribution is 2.34. The van der Waals surface area contributed by atoms with E-state index in [0.29, 0.717) is 6.61 Å². The molecule has 1 N–H and O–H groups in total. The highest BCUT2D eigenvalue weighted by atomic mass is 79.9. The Morgan fingerprint density at radius 2 is 1.95 bits per heavy atom. The number of aryl methyl sites for hydroxylation is 1. The van der Waals surface area contributed by atoms with Gasteiger partial charge in [0.1, 0.15) is 5.75 Å². The topological polar surface area (TPSA) is 47.3 Å². The second-order valence-electron chi connectivity index (χ2n) is 4.17. The van der Waals surface area contributed by atoms with Crippen molar-refractivity contribution in [3.8, 4) is 5.75 Å². The van der Waals surface area contributed by atoms with E-state index in [1.165, 1.54) is 0 Å². The summed E-state index contributed by atoms with van der Waals surface area (Å²) in [4.78, 5) is 0. The first-order chi connectivity index (χ1) is 9.10. The molecule has 2 aromatic rings. The first-order valence-electron chi connectivity index (χ1n) is 5.79. The smallest absolute Gasteiger partial charge is 0.147 e. The van der Waals surface area contributed by atoms with E-state index in [1.807, 2.05) is 31.6 Å². The van der Waals surface area contributed by atoms with E-state index in [9.17, 15) is 0 Å². The Kier molecular flexibility index (Phi) is 5.01. The minimum Gasteiger partial charge on any atom is -0.491 e. The summed E-state index contributed by atoms with van der Waals surface area (Å²) < 4.78 is 9.20. The van der Waals surface area contributed by atoms with Crippen molar-refractivity contribution in [2.45, 2.75) is 13.0 Å². The first-order valence-corrected chi connectivity index (χ1v) is 7.38. The SMILES string of the molecule is Cn1cc(CCOc2c(Br)cc(CO)cc2Br)cn1. The zero-order chi connectivity index (χ0) is 13.8. The van der Waals surface area contributed by atoms with Gasteiger partial charge in [0.15, 0.2) is 0 Å². The lowest BCUT2D eigenvalue weighted by Crippen LogP contribution is -2.02. The predicted molar refractivity (Wildman–Crippen MR) is 80.2 cm³/mol. The van der Waals surface area contributed by atoms with Gasteiger partial charge < -0.3 is 9.84 Å². The van der Waals surface area contributed by atoms with Gasteiger partial charge in [-0.05, 0) is 55.1 Å². The molecule has 0 saturated heterocycles. The predicted octanol–water partition coefficient (Wildman–Crippen LogP) is 3.06. The second kappa shape index (κ2) is 6.54. The van der Waals surface area contributed by atoms with Crippen LogP contribution in [0.5, 0.6) is 5.75 Å². The Morgan fingerprint density at radius 3 is 2.47 bits per heavy atom. The lowest BCUT2D eigenvalue weighted by atomic mass is 10.2. The van der Waals surface area contributed by atoms with Crippen LogP contribution in [0.2, 0.25) is 0 Å². The van der Waals surface area contributed by atoms with Crippen molar-refractivity contribution in [1.29, 1.82) is 0 Å². The number of ether oxygens (including phenoxy) is 1. The molecule has 0 amide bonds. The molecule has 0 aliphatic rings. The van der Waals surface area contributed by atoms with E-state index in [2.05, 4.69) is 37.0 Å². The molecule has 0 saturated carbocycles. The van der Waals surface area contributed by atoms with Crippen LogP contribution in [0, 0.1) is 0 Å². The van der Waals surface area contributed by atoms with Crippen LogP contribution in [0.15, 0.2) is 33.5 Å². The fourth-order valence-corrected chi connectivity index (χ4v) is 3.22. The fourth-order valence-electron chi connectivity index (χ4n) is 1.71. The number of aromatic nitrogens is 2. The average molecular weight is 390 g/mol. The highest BCUT2D eigenvalue weighted by molar-refractivity contribution is 9.11. The van der Waals surface area contributed by atoms with Gasteiger partial charge in [-0.1, -0.05) is 0 Å². The molecule has 1 aromatic carbocycles. The van der Waals surface area contributed by atoms with E-state index in [1.54, 1.807) is 4.68 Å². The number of hydrogen-bond acceptors (Lipinski definition) is 3. The summed E-state index contributed by atoms with van der Waals surface area (Å²) in [5, 5.41) is 13.2. The van der Waals surface area contributed by atoms with E-state index in [4.69, 9.17) is 9.84 Å². The molecular formula is C13H14Br2N2O2. The molecule has 6 heteroatoms. The number of aliphatic hydroxyl groups is 1. The Hall–Kier alpha value is -0.850. The van der Waals surface area contributed by atoms with Crippen LogP contribution in [0.3, 0.4) is 0 Å². The number of aliphatic hydroxyl groups excluding tert-OH is 1. The van der Waals surface area contributed by atoms with Crippen molar-refractivity contribution in [3.63, 3.8) is 0 Å². The molecule has 0 radical (unpaired) electrons. The van der Waals surface area contributed by atoms with Gasteiger partial charge in [0, 0.05) is 19.7 Å². The maximum atomic E-state index is 9.11. The van der Waals surface area contributed by atoms with Gasteiger partial charge in [-0.3, -0.25) is 4.68 Å². The first kappa shape index (κ1) is 14.6. The van der Waals surface area contributed by atoms with Crippen molar-refractivity contribution in [2.75, 3.05) is 6.61 Å². The van der Waals surface area contributed by atoms with E-state index < -0.39 is 0 Å². The van der Waals surface area contributed by atoms with Crippen molar-refractivity contribution >= 4 is 31.9 Å². The summed E-state index contributed by atoms with van der Waals surface area (Å²) in [6, 6.07) is 3.70. The summed E-state index contributed by atoms with van der Waals surface area (Å²) in [7, 11) is 1.89. The Labute approximate surface area is 128 Å². The lowest BCUT2D eigenvalue weighted by molar-refractivity contribution is 0.281. The molecule has 0 atom stereocenters. The zero-order valence-electron chi connectivity index (χ0n) is 10.4. The highest BCUT2D eigenvalue weighted by Gasteiger charge is 2.09. The number of nitrogens with zero attached hydrogens (tertiary/aromatic N) is 2. The quantitative estimate of drug-likeness (QED) is 0.854. The molecule has 0 spiro atoms. The van der Waals surface area contributed by atoms with Crippen LogP contribution in [0.1, 0.15) is 11.1 Å². The standard InChI is InChI=1S/C13H14Br2N2O2/c1-17-7-9(6-16-17)2-3-19-13-11(14)4-10(8-18)5-12(13)15/h4-7,18H,2-3,8H2,1H3. The third kappa shape index (κ3) is 3.81. The molecule has 102 valence electrons. The molecule has 0 bridgehead atoms. The van der Waals surface area contributed by atoms with Gasteiger partial charge in [0.05, 0.1) is 28.4 Å². The number of halogens is 2.